The number of aliphatic hydroxyl groups is 2. The van der Waals surface area contributed by atoms with Gasteiger partial charge in [-0.15, -0.1) is 0 Å². The summed E-state index contributed by atoms with van der Waals surface area (Å²) in [6, 6.07) is 0. The van der Waals surface area contributed by atoms with Gasteiger partial charge < -0.3 is 14.9 Å². The molecule has 34 heavy (non-hydrogen) atoms. The van der Waals surface area contributed by atoms with Crippen LogP contribution in [0.3, 0.4) is 0 Å². The molecule has 2 N–H and O–H groups in total. The lowest BCUT2D eigenvalue weighted by molar-refractivity contribution is -0.104. The summed E-state index contributed by atoms with van der Waals surface area (Å²) in [5.74, 6) is 3.25. The van der Waals surface area contributed by atoms with Gasteiger partial charge in [0.1, 0.15) is 6.29 Å². The zero-order chi connectivity index (χ0) is 25.0. The van der Waals surface area contributed by atoms with Gasteiger partial charge in [0.15, 0.2) is 0 Å². The van der Waals surface area contributed by atoms with E-state index in [1.54, 1.807) is 6.92 Å². The molecule has 2 saturated carbocycles. The predicted octanol–water partition coefficient (Wildman–Crippen LogP) is 7.26. The zero-order valence-electron chi connectivity index (χ0n) is 22.5. The van der Waals surface area contributed by atoms with Crippen molar-refractivity contribution in [1.29, 1.82) is 0 Å². The molecule has 2 fully saturated rings. The summed E-state index contributed by atoms with van der Waals surface area (Å²) < 4.78 is 6.23. The molecule has 0 aliphatic heterocycles. The summed E-state index contributed by atoms with van der Waals surface area (Å²) in [5, 5.41) is 18.4. The summed E-state index contributed by atoms with van der Waals surface area (Å²) in [4.78, 5) is 9.41. The molecule has 0 aromatic carbocycles. The van der Waals surface area contributed by atoms with Crippen LogP contribution in [0.5, 0.6) is 0 Å². The van der Waals surface area contributed by atoms with Gasteiger partial charge in [-0.05, 0) is 94.0 Å². The minimum atomic E-state index is 0.254. The van der Waals surface area contributed by atoms with Crippen LogP contribution >= 0.6 is 0 Å². The van der Waals surface area contributed by atoms with Crippen molar-refractivity contribution in [2.45, 2.75) is 129 Å². The standard InChI is InChI=1S/C26H50O3.C4H6O/c1-2-3-4-6-22-8-10-23(11-9-22)7-5-20-29-26-14-12-24(13-15-26)21-25(16-18-27)17-19-28;1-4(2)3-5/h22-28H,2-21H2,1H3;3H,1H2,2H3. The first-order valence-corrected chi connectivity index (χ1v) is 14.5. The number of unbranched alkanes of at least 4 members (excludes halogenated alkanes) is 2. The van der Waals surface area contributed by atoms with Crippen LogP contribution in [0.25, 0.3) is 0 Å². The minimum absolute atomic E-state index is 0.254. The summed E-state index contributed by atoms with van der Waals surface area (Å²) >= 11 is 0. The minimum Gasteiger partial charge on any atom is -0.396 e. The monoisotopic (exact) mass is 480 g/mol. The van der Waals surface area contributed by atoms with E-state index in [4.69, 9.17) is 4.74 Å². The first-order valence-electron chi connectivity index (χ1n) is 14.5. The Hall–Kier alpha value is -0.710. The fourth-order valence-corrected chi connectivity index (χ4v) is 5.86. The summed E-state index contributed by atoms with van der Waals surface area (Å²) in [6.45, 7) is 8.74. The second-order valence-electron chi connectivity index (χ2n) is 11.1. The van der Waals surface area contributed by atoms with E-state index in [9.17, 15) is 15.0 Å². The number of carbonyl (C=O) groups is 1. The predicted molar refractivity (Wildman–Crippen MR) is 143 cm³/mol. The Balaban J connectivity index is 0.00000104. The van der Waals surface area contributed by atoms with Crippen molar-refractivity contribution >= 4 is 6.29 Å². The van der Waals surface area contributed by atoms with E-state index in [1.807, 2.05) is 0 Å². The number of carbonyl (C=O) groups excluding carboxylic acids is 1. The Labute approximate surface area is 210 Å². The largest absolute Gasteiger partial charge is 0.396 e. The van der Waals surface area contributed by atoms with Crippen molar-refractivity contribution in [3.63, 3.8) is 0 Å². The van der Waals surface area contributed by atoms with E-state index in [0.29, 0.717) is 17.6 Å². The second kappa shape index (κ2) is 20.5. The molecule has 0 amide bonds. The molecule has 2 aliphatic rings. The van der Waals surface area contributed by atoms with Crippen LogP contribution in [-0.4, -0.2) is 42.4 Å². The Kier molecular flexibility index (Phi) is 18.9. The molecule has 0 unspecified atom stereocenters. The van der Waals surface area contributed by atoms with Gasteiger partial charge in [-0.3, -0.25) is 4.79 Å². The molecule has 0 bridgehead atoms. The molecule has 4 heteroatoms. The van der Waals surface area contributed by atoms with Crippen LogP contribution in [0, 0.1) is 23.7 Å². The third-order valence-electron chi connectivity index (χ3n) is 8.03. The Morgan fingerprint density at radius 2 is 1.38 bits per heavy atom. The maximum atomic E-state index is 9.41. The molecule has 0 aromatic heterocycles. The fraction of sp³-hybridized carbons (Fsp3) is 0.900. The molecule has 4 nitrogen and oxygen atoms in total. The number of aliphatic hydroxyl groups excluding tert-OH is 2. The number of rotatable bonds is 16. The molecule has 2 aliphatic carbocycles. The van der Waals surface area contributed by atoms with Crippen LogP contribution in [0.4, 0.5) is 0 Å². The Morgan fingerprint density at radius 3 is 1.85 bits per heavy atom. The fourth-order valence-electron chi connectivity index (χ4n) is 5.86. The lowest BCUT2D eigenvalue weighted by Crippen LogP contribution is -2.24. The van der Waals surface area contributed by atoms with Crippen molar-refractivity contribution in [2.75, 3.05) is 19.8 Å². The quantitative estimate of drug-likeness (QED) is 0.139. The highest BCUT2D eigenvalue weighted by atomic mass is 16.5. The Morgan fingerprint density at radius 1 is 0.882 bits per heavy atom. The SMILES string of the molecule is C=C(C)C=O.CCCCCC1CCC(CCCOC2CCC(CC(CCO)CCO)CC2)CC1. The molecule has 0 spiro atoms. The maximum absolute atomic E-state index is 9.41. The van der Waals surface area contributed by atoms with Gasteiger partial charge in [0.2, 0.25) is 0 Å². The third-order valence-corrected chi connectivity index (χ3v) is 8.03. The van der Waals surface area contributed by atoms with Gasteiger partial charge in [-0.2, -0.15) is 0 Å². The number of aldehydes is 1. The number of hydrogen-bond donors (Lipinski definition) is 2. The smallest absolute Gasteiger partial charge is 0.145 e. The third kappa shape index (κ3) is 15.3. The molecule has 2 rings (SSSR count). The van der Waals surface area contributed by atoms with Gasteiger partial charge in [0.05, 0.1) is 6.10 Å². The highest BCUT2D eigenvalue weighted by molar-refractivity contribution is 5.70. The molecule has 200 valence electrons. The van der Waals surface area contributed by atoms with Gasteiger partial charge in [0.25, 0.3) is 0 Å². The molecule has 0 atom stereocenters. The van der Waals surface area contributed by atoms with Crippen molar-refractivity contribution in [3.8, 4) is 0 Å². The van der Waals surface area contributed by atoms with E-state index in [-0.39, 0.29) is 13.2 Å². The molecular weight excluding hydrogens is 424 g/mol. The summed E-state index contributed by atoms with van der Waals surface area (Å²) in [7, 11) is 0. The lowest BCUT2D eigenvalue weighted by Gasteiger charge is -2.31. The van der Waals surface area contributed by atoms with Crippen LogP contribution in [0.2, 0.25) is 0 Å². The van der Waals surface area contributed by atoms with Gasteiger partial charge in [-0.1, -0.05) is 64.9 Å². The van der Waals surface area contributed by atoms with Crippen LogP contribution in [-0.2, 0) is 9.53 Å². The first kappa shape index (κ1) is 31.3. The number of hydrogen-bond acceptors (Lipinski definition) is 4. The molecule has 0 heterocycles. The van der Waals surface area contributed by atoms with E-state index < -0.39 is 0 Å². The van der Waals surface area contributed by atoms with E-state index in [2.05, 4.69) is 13.5 Å². The average Bonchev–Trinajstić information content (AvgIpc) is 2.84. The van der Waals surface area contributed by atoms with Crippen LogP contribution in [0.15, 0.2) is 12.2 Å². The molecule has 0 saturated heterocycles. The highest BCUT2D eigenvalue weighted by Crippen LogP contribution is 2.35. The van der Waals surface area contributed by atoms with Crippen LogP contribution < -0.4 is 0 Å². The average molecular weight is 481 g/mol. The lowest BCUT2D eigenvalue weighted by atomic mass is 9.78. The number of allylic oxidation sites excluding steroid dienone is 1. The highest BCUT2D eigenvalue weighted by Gasteiger charge is 2.24. The molecule has 0 radical (unpaired) electrons. The van der Waals surface area contributed by atoms with Crippen molar-refractivity contribution < 1.29 is 19.7 Å². The topological polar surface area (TPSA) is 66.8 Å². The van der Waals surface area contributed by atoms with Gasteiger partial charge in [0, 0.05) is 19.8 Å². The molecular formula is C30H56O4. The zero-order valence-corrected chi connectivity index (χ0v) is 22.5. The van der Waals surface area contributed by atoms with E-state index in [0.717, 1.165) is 43.5 Å². The summed E-state index contributed by atoms with van der Waals surface area (Å²) in [5.41, 5.74) is 0.574. The van der Waals surface area contributed by atoms with Gasteiger partial charge >= 0.3 is 0 Å². The van der Waals surface area contributed by atoms with E-state index in [1.165, 1.54) is 96.3 Å². The molecule has 0 aromatic rings. The number of ether oxygens (including phenoxy) is 1. The summed E-state index contributed by atoms with van der Waals surface area (Å²) in [6.07, 6.45) is 23.2. The van der Waals surface area contributed by atoms with Crippen LogP contribution in [0.1, 0.15) is 123 Å². The van der Waals surface area contributed by atoms with Gasteiger partial charge in [-0.25, -0.2) is 0 Å². The van der Waals surface area contributed by atoms with E-state index >= 15 is 0 Å². The van der Waals surface area contributed by atoms with Crippen molar-refractivity contribution in [3.05, 3.63) is 12.2 Å². The first-order chi connectivity index (χ1) is 16.5. The normalized spacial score (nSPS) is 25.0. The second-order valence-corrected chi connectivity index (χ2v) is 11.1. The van der Waals surface area contributed by atoms with Crippen molar-refractivity contribution in [1.82, 2.24) is 0 Å². The van der Waals surface area contributed by atoms with Crippen molar-refractivity contribution in [2.24, 2.45) is 23.7 Å². The Bertz CT molecular complexity index is 484. The maximum Gasteiger partial charge on any atom is 0.145 e.